The van der Waals surface area contributed by atoms with Crippen LogP contribution in [-0.4, -0.2) is 17.0 Å². The molecular formula is C18H23N3O. The molecule has 0 spiro atoms. The Morgan fingerprint density at radius 1 is 1.32 bits per heavy atom. The van der Waals surface area contributed by atoms with E-state index >= 15 is 0 Å². The molecule has 1 aromatic heterocycles. The van der Waals surface area contributed by atoms with E-state index in [1.807, 2.05) is 25.1 Å². The maximum Gasteiger partial charge on any atom is 0.224 e. The topological polar surface area (TPSA) is 60.0 Å². The van der Waals surface area contributed by atoms with Crippen molar-refractivity contribution in [3.8, 4) is 12.3 Å². The summed E-state index contributed by atoms with van der Waals surface area (Å²) in [6.45, 7) is 3.28. The van der Waals surface area contributed by atoms with Crippen LogP contribution in [0.15, 0.2) is 24.3 Å². The monoisotopic (exact) mass is 297 g/mol. The molecule has 0 aliphatic heterocycles. The molecule has 116 valence electrons. The first-order valence-electron chi connectivity index (χ1n) is 7.69. The molecule has 0 unspecified atom stereocenters. The third kappa shape index (κ3) is 3.90. The predicted octanol–water partition coefficient (Wildman–Crippen LogP) is 3.04. The molecule has 0 radical (unpaired) electrons. The van der Waals surface area contributed by atoms with Crippen molar-refractivity contribution in [2.45, 2.75) is 39.2 Å². The molecule has 1 heterocycles. The van der Waals surface area contributed by atoms with E-state index < -0.39 is 0 Å². The highest BCUT2D eigenvalue weighted by Gasteiger charge is 2.07. The second-order valence-corrected chi connectivity index (χ2v) is 5.50. The van der Waals surface area contributed by atoms with E-state index in [0.717, 1.165) is 41.5 Å². The zero-order chi connectivity index (χ0) is 15.9. The Bertz CT molecular complexity index is 694. The Morgan fingerprint density at radius 2 is 2.14 bits per heavy atom. The highest BCUT2D eigenvalue weighted by molar-refractivity contribution is 5.94. The fourth-order valence-corrected chi connectivity index (χ4v) is 2.62. The molecule has 4 nitrogen and oxygen atoms in total. The Morgan fingerprint density at radius 3 is 2.86 bits per heavy atom. The molecule has 0 fully saturated rings. The summed E-state index contributed by atoms with van der Waals surface area (Å²) in [5, 5.41) is 4.04. The Labute approximate surface area is 131 Å². The SMILES string of the molecule is C#CCn1c(C)cc2cc(NC(=O)CCCCCN)ccc21. The van der Waals surface area contributed by atoms with Crippen LogP contribution in [0, 0.1) is 19.3 Å². The highest BCUT2D eigenvalue weighted by Crippen LogP contribution is 2.23. The van der Waals surface area contributed by atoms with Crippen LogP contribution in [0.2, 0.25) is 0 Å². The van der Waals surface area contributed by atoms with Gasteiger partial charge in [-0.25, -0.2) is 0 Å². The molecule has 0 aliphatic rings. The minimum absolute atomic E-state index is 0.0520. The van der Waals surface area contributed by atoms with Crippen molar-refractivity contribution in [3.63, 3.8) is 0 Å². The number of carbonyl (C=O) groups excluding carboxylic acids is 1. The smallest absolute Gasteiger partial charge is 0.224 e. The fraction of sp³-hybridized carbons (Fsp3) is 0.389. The molecule has 2 rings (SSSR count). The first-order valence-corrected chi connectivity index (χ1v) is 7.69. The van der Waals surface area contributed by atoms with Gasteiger partial charge in [-0.1, -0.05) is 12.3 Å². The molecule has 22 heavy (non-hydrogen) atoms. The van der Waals surface area contributed by atoms with Crippen molar-refractivity contribution in [1.82, 2.24) is 4.57 Å². The van der Waals surface area contributed by atoms with Crippen LogP contribution in [0.5, 0.6) is 0 Å². The number of rotatable bonds is 7. The first-order chi connectivity index (χ1) is 10.7. The average molecular weight is 297 g/mol. The number of benzene rings is 1. The number of unbranched alkanes of at least 4 members (excludes halogenated alkanes) is 2. The Hall–Kier alpha value is -2.25. The number of carbonyl (C=O) groups is 1. The lowest BCUT2D eigenvalue weighted by Gasteiger charge is -2.07. The van der Waals surface area contributed by atoms with Gasteiger partial charge in [0.25, 0.3) is 0 Å². The lowest BCUT2D eigenvalue weighted by molar-refractivity contribution is -0.116. The van der Waals surface area contributed by atoms with Gasteiger partial charge < -0.3 is 15.6 Å². The van der Waals surface area contributed by atoms with Gasteiger partial charge in [0.05, 0.1) is 6.54 Å². The van der Waals surface area contributed by atoms with Gasteiger partial charge in [0.2, 0.25) is 5.91 Å². The van der Waals surface area contributed by atoms with E-state index in [1.54, 1.807) is 0 Å². The molecule has 0 aliphatic carbocycles. The van der Waals surface area contributed by atoms with E-state index in [1.165, 1.54) is 0 Å². The van der Waals surface area contributed by atoms with Gasteiger partial charge in [0.15, 0.2) is 0 Å². The zero-order valence-corrected chi connectivity index (χ0v) is 13.1. The third-order valence-corrected chi connectivity index (χ3v) is 3.75. The summed E-state index contributed by atoms with van der Waals surface area (Å²) in [5.41, 5.74) is 8.49. The number of hydrogen-bond donors (Lipinski definition) is 2. The maximum absolute atomic E-state index is 11.9. The van der Waals surface area contributed by atoms with Crippen molar-refractivity contribution < 1.29 is 4.79 Å². The quantitative estimate of drug-likeness (QED) is 0.609. The number of fused-ring (bicyclic) bond motifs is 1. The minimum atomic E-state index is 0.0520. The van der Waals surface area contributed by atoms with Crippen LogP contribution < -0.4 is 11.1 Å². The molecule has 0 saturated heterocycles. The normalized spacial score (nSPS) is 10.6. The van der Waals surface area contributed by atoms with Gasteiger partial charge >= 0.3 is 0 Å². The van der Waals surface area contributed by atoms with E-state index in [9.17, 15) is 4.79 Å². The van der Waals surface area contributed by atoms with Gasteiger partial charge in [-0.05, 0) is 50.6 Å². The van der Waals surface area contributed by atoms with Gasteiger partial charge in [-0.15, -0.1) is 6.42 Å². The van der Waals surface area contributed by atoms with Crippen molar-refractivity contribution in [1.29, 1.82) is 0 Å². The number of nitrogens with zero attached hydrogens (tertiary/aromatic N) is 1. The Balaban J connectivity index is 2.04. The summed E-state index contributed by atoms with van der Waals surface area (Å²) in [4.78, 5) is 11.9. The molecule has 4 heteroatoms. The Kier molecular flexibility index (Phi) is 5.62. The van der Waals surface area contributed by atoms with Crippen LogP contribution >= 0.6 is 0 Å². The van der Waals surface area contributed by atoms with Crippen molar-refractivity contribution >= 4 is 22.5 Å². The number of amides is 1. The summed E-state index contributed by atoms with van der Waals surface area (Å²) in [6, 6.07) is 8.01. The van der Waals surface area contributed by atoms with E-state index in [2.05, 4.69) is 21.9 Å². The van der Waals surface area contributed by atoms with Crippen LogP contribution in [0.1, 0.15) is 31.4 Å². The van der Waals surface area contributed by atoms with E-state index in [-0.39, 0.29) is 5.91 Å². The number of aromatic nitrogens is 1. The average Bonchev–Trinajstić information content (AvgIpc) is 2.79. The van der Waals surface area contributed by atoms with Gasteiger partial charge in [-0.2, -0.15) is 0 Å². The number of aryl methyl sites for hydroxylation is 1. The molecule has 1 amide bonds. The summed E-state index contributed by atoms with van der Waals surface area (Å²) < 4.78 is 2.09. The van der Waals surface area contributed by atoms with Crippen LogP contribution in [0.25, 0.3) is 10.9 Å². The molecule has 0 saturated carbocycles. The van der Waals surface area contributed by atoms with Crippen molar-refractivity contribution in [2.75, 3.05) is 11.9 Å². The summed E-state index contributed by atoms with van der Waals surface area (Å²) in [7, 11) is 0. The number of hydrogen-bond acceptors (Lipinski definition) is 2. The molecule has 3 N–H and O–H groups in total. The second kappa shape index (κ2) is 7.67. The van der Waals surface area contributed by atoms with Crippen LogP contribution in [-0.2, 0) is 11.3 Å². The highest BCUT2D eigenvalue weighted by atomic mass is 16.1. The third-order valence-electron chi connectivity index (χ3n) is 3.75. The molecule has 0 atom stereocenters. The van der Waals surface area contributed by atoms with E-state index in [0.29, 0.717) is 19.5 Å². The van der Waals surface area contributed by atoms with Gasteiger partial charge in [0, 0.05) is 28.7 Å². The summed E-state index contributed by atoms with van der Waals surface area (Å²) in [5.74, 6) is 2.72. The largest absolute Gasteiger partial charge is 0.333 e. The van der Waals surface area contributed by atoms with Crippen molar-refractivity contribution in [3.05, 3.63) is 30.0 Å². The van der Waals surface area contributed by atoms with Crippen molar-refractivity contribution in [2.24, 2.45) is 5.73 Å². The standard InChI is InChI=1S/C18H23N3O/c1-3-11-21-14(2)12-15-13-16(8-9-17(15)21)20-18(22)7-5-4-6-10-19/h1,8-9,12-13H,4-7,10-11,19H2,2H3,(H,20,22). The zero-order valence-electron chi connectivity index (χ0n) is 13.1. The second-order valence-electron chi connectivity index (χ2n) is 5.50. The molecule has 1 aromatic carbocycles. The van der Waals surface area contributed by atoms with Crippen LogP contribution in [0.4, 0.5) is 5.69 Å². The maximum atomic E-state index is 11.9. The van der Waals surface area contributed by atoms with Gasteiger partial charge in [-0.3, -0.25) is 4.79 Å². The number of anilines is 1. The number of terminal acetylenes is 1. The molecular weight excluding hydrogens is 274 g/mol. The predicted molar refractivity (Wildman–Crippen MR) is 91.7 cm³/mol. The lowest BCUT2D eigenvalue weighted by Crippen LogP contribution is -2.11. The van der Waals surface area contributed by atoms with Crippen LogP contribution in [0.3, 0.4) is 0 Å². The number of nitrogens with one attached hydrogen (secondary N) is 1. The lowest BCUT2D eigenvalue weighted by atomic mass is 10.2. The summed E-state index contributed by atoms with van der Waals surface area (Å²) in [6.07, 6.45) is 8.79. The first kappa shape index (κ1) is 16.1. The fourth-order valence-electron chi connectivity index (χ4n) is 2.62. The van der Waals surface area contributed by atoms with E-state index in [4.69, 9.17) is 12.2 Å². The molecule has 0 bridgehead atoms. The van der Waals surface area contributed by atoms with Gasteiger partial charge in [0.1, 0.15) is 0 Å². The minimum Gasteiger partial charge on any atom is -0.333 e. The summed E-state index contributed by atoms with van der Waals surface area (Å²) >= 11 is 0. The number of nitrogens with two attached hydrogens (primary N) is 1. The molecule has 2 aromatic rings.